The van der Waals surface area contributed by atoms with E-state index in [1.54, 1.807) is 12.1 Å². The van der Waals surface area contributed by atoms with E-state index in [0.717, 1.165) is 48.3 Å². The highest BCUT2D eigenvalue weighted by atomic mass is 16.6. The smallest absolute Gasteiger partial charge is 0.261 e. The maximum absolute atomic E-state index is 12.7. The van der Waals surface area contributed by atoms with Gasteiger partial charge in [0, 0.05) is 24.9 Å². The van der Waals surface area contributed by atoms with E-state index >= 15 is 0 Å². The molecule has 33 heavy (non-hydrogen) atoms. The van der Waals surface area contributed by atoms with Gasteiger partial charge in [-0.2, -0.15) is 0 Å². The molecule has 172 valence electrons. The van der Waals surface area contributed by atoms with E-state index < -0.39 is 0 Å². The molecule has 0 bridgehead atoms. The second kappa shape index (κ2) is 8.54. The lowest BCUT2D eigenvalue weighted by molar-refractivity contribution is -0.121. The number of amides is 3. The molecule has 0 radical (unpaired) electrons. The van der Waals surface area contributed by atoms with Crippen molar-refractivity contribution in [2.45, 2.75) is 44.4 Å². The summed E-state index contributed by atoms with van der Waals surface area (Å²) in [4.78, 5) is 39.1. The number of nitrogens with zero attached hydrogens (tertiary/aromatic N) is 1. The van der Waals surface area contributed by atoms with Crippen molar-refractivity contribution in [3.63, 3.8) is 0 Å². The molecule has 0 saturated heterocycles. The summed E-state index contributed by atoms with van der Waals surface area (Å²) in [5.41, 5.74) is 2.77. The van der Waals surface area contributed by atoms with Crippen LogP contribution in [0.4, 0.5) is 0 Å². The molecule has 2 heterocycles. The fraction of sp³-hybridized carbons (Fsp3) is 0.423. The molecule has 1 aliphatic carbocycles. The van der Waals surface area contributed by atoms with Crippen LogP contribution in [-0.4, -0.2) is 48.9 Å². The van der Waals surface area contributed by atoms with E-state index in [9.17, 15) is 14.4 Å². The zero-order chi connectivity index (χ0) is 23.0. The first-order valence-electron chi connectivity index (χ1n) is 11.6. The van der Waals surface area contributed by atoms with Gasteiger partial charge in [0.1, 0.15) is 13.2 Å². The van der Waals surface area contributed by atoms with Crippen molar-refractivity contribution >= 4 is 17.7 Å². The first-order valence-corrected chi connectivity index (χ1v) is 11.6. The molecule has 3 aliphatic rings. The summed E-state index contributed by atoms with van der Waals surface area (Å²) in [6.07, 6.45) is 4.29. The third kappa shape index (κ3) is 3.96. The van der Waals surface area contributed by atoms with Crippen LogP contribution >= 0.6 is 0 Å². The van der Waals surface area contributed by atoms with Gasteiger partial charge >= 0.3 is 0 Å². The van der Waals surface area contributed by atoms with E-state index in [4.69, 9.17) is 9.47 Å². The molecule has 2 aromatic rings. The Labute approximate surface area is 193 Å². The monoisotopic (exact) mass is 448 g/mol. The number of fused-ring (bicyclic) bond motifs is 2. The van der Waals surface area contributed by atoms with E-state index in [2.05, 4.69) is 11.4 Å². The zero-order valence-electron chi connectivity index (χ0n) is 18.8. The van der Waals surface area contributed by atoms with Gasteiger partial charge in [0.25, 0.3) is 11.8 Å². The molecule has 2 aromatic carbocycles. The van der Waals surface area contributed by atoms with Gasteiger partial charge in [-0.15, -0.1) is 0 Å². The minimum atomic E-state index is -0.327. The second-order valence-electron chi connectivity index (χ2n) is 9.18. The third-order valence-electron chi connectivity index (χ3n) is 7.03. The van der Waals surface area contributed by atoms with Crippen molar-refractivity contribution in [2.75, 3.05) is 26.3 Å². The molecule has 0 aromatic heterocycles. The number of hydrogen-bond acceptors (Lipinski definition) is 5. The Morgan fingerprint density at radius 1 is 0.970 bits per heavy atom. The van der Waals surface area contributed by atoms with Gasteiger partial charge in [-0.25, -0.2) is 0 Å². The molecule has 0 spiro atoms. The average Bonchev–Trinajstić information content (AvgIpc) is 3.40. The van der Waals surface area contributed by atoms with Crippen LogP contribution in [-0.2, 0) is 10.2 Å². The molecule has 1 N–H and O–H groups in total. The van der Waals surface area contributed by atoms with Gasteiger partial charge < -0.3 is 14.8 Å². The topological polar surface area (TPSA) is 84.9 Å². The van der Waals surface area contributed by atoms with Crippen LogP contribution in [0.3, 0.4) is 0 Å². The highest BCUT2D eigenvalue weighted by Crippen LogP contribution is 2.43. The van der Waals surface area contributed by atoms with E-state index in [1.807, 2.05) is 25.1 Å². The summed E-state index contributed by atoms with van der Waals surface area (Å²) < 4.78 is 11.4. The molecule has 7 heteroatoms. The highest BCUT2D eigenvalue weighted by Gasteiger charge is 2.38. The van der Waals surface area contributed by atoms with E-state index in [-0.39, 0.29) is 36.1 Å². The Hall–Kier alpha value is -3.35. The van der Waals surface area contributed by atoms with Crippen molar-refractivity contribution in [3.8, 4) is 11.5 Å². The lowest BCUT2D eigenvalue weighted by Gasteiger charge is -2.31. The van der Waals surface area contributed by atoms with Gasteiger partial charge in [0.05, 0.1) is 11.1 Å². The number of hydrogen-bond donors (Lipinski definition) is 1. The maximum atomic E-state index is 12.7. The summed E-state index contributed by atoms with van der Waals surface area (Å²) in [5, 5.41) is 3.07. The van der Waals surface area contributed by atoms with Crippen molar-refractivity contribution in [1.82, 2.24) is 10.2 Å². The lowest BCUT2D eigenvalue weighted by Crippen LogP contribution is -2.41. The summed E-state index contributed by atoms with van der Waals surface area (Å²) in [6, 6.07) is 11.3. The van der Waals surface area contributed by atoms with Crippen LogP contribution in [0.1, 0.15) is 63.9 Å². The third-order valence-corrected chi connectivity index (χ3v) is 7.03. The Morgan fingerprint density at radius 3 is 2.48 bits per heavy atom. The Kier molecular flexibility index (Phi) is 5.56. The predicted octanol–water partition coefficient (Wildman–Crippen LogP) is 3.38. The SMILES string of the molecule is Cc1ccc2c(c1)C(=O)N(CCC(=O)NCC1(c3ccc4c(c3)OCCO4)CCCC1)C2=O. The van der Waals surface area contributed by atoms with Crippen LogP contribution in [0.25, 0.3) is 0 Å². The number of benzene rings is 2. The van der Waals surface area contributed by atoms with E-state index in [1.165, 1.54) is 4.90 Å². The quantitative estimate of drug-likeness (QED) is 0.685. The Morgan fingerprint density at radius 2 is 1.70 bits per heavy atom. The fourth-order valence-corrected chi connectivity index (χ4v) is 5.17. The highest BCUT2D eigenvalue weighted by molar-refractivity contribution is 6.21. The normalized spacial score (nSPS) is 18.4. The van der Waals surface area contributed by atoms with Crippen molar-refractivity contribution in [3.05, 3.63) is 58.7 Å². The van der Waals surface area contributed by atoms with Gasteiger partial charge in [0.2, 0.25) is 5.91 Å². The van der Waals surface area contributed by atoms with Crippen LogP contribution in [0, 0.1) is 6.92 Å². The van der Waals surface area contributed by atoms with Gasteiger partial charge in [-0.3, -0.25) is 19.3 Å². The van der Waals surface area contributed by atoms with Crippen molar-refractivity contribution in [1.29, 1.82) is 0 Å². The lowest BCUT2D eigenvalue weighted by atomic mass is 9.78. The van der Waals surface area contributed by atoms with Gasteiger partial charge in [0.15, 0.2) is 11.5 Å². The number of ether oxygens (including phenoxy) is 2. The maximum Gasteiger partial charge on any atom is 0.261 e. The van der Waals surface area contributed by atoms with Crippen LogP contribution in [0.5, 0.6) is 11.5 Å². The molecule has 0 atom stereocenters. The van der Waals surface area contributed by atoms with Crippen LogP contribution in [0.15, 0.2) is 36.4 Å². The number of imide groups is 1. The molecule has 7 nitrogen and oxygen atoms in total. The molecular formula is C26H28N2O5. The van der Waals surface area contributed by atoms with Gasteiger partial charge in [-0.1, -0.05) is 30.5 Å². The minimum absolute atomic E-state index is 0.0776. The second-order valence-corrected chi connectivity index (χ2v) is 9.18. The predicted molar refractivity (Wildman–Crippen MR) is 122 cm³/mol. The summed E-state index contributed by atoms with van der Waals surface area (Å²) in [7, 11) is 0. The Balaban J connectivity index is 1.22. The fourth-order valence-electron chi connectivity index (χ4n) is 5.17. The van der Waals surface area contributed by atoms with Crippen LogP contribution < -0.4 is 14.8 Å². The molecule has 0 unspecified atom stereocenters. The first kappa shape index (κ1) is 21.5. The first-order chi connectivity index (χ1) is 16.0. The number of carbonyl (C=O) groups excluding carboxylic acids is 3. The average molecular weight is 449 g/mol. The number of carbonyl (C=O) groups is 3. The molecular weight excluding hydrogens is 420 g/mol. The number of aryl methyl sites for hydroxylation is 1. The molecule has 3 amide bonds. The van der Waals surface area contributed by atoms with Crippen LogP contribution in [0.2, 0.25) is 0 Å². The summed E-state index contributed by atoms with van der Waals surface area (Å²) in [5.74, 6) is 0.712. The van der Waals surface area contributed by atoms with E-state index in [0.29, 0.717) is 30.9 Å². The molecule has 5 rings (SSSR count). The summed E-state index contributed by atoms with van der Waals surface area (Å²) >= 11 is 0. The van der Waals surface area contributed by atoms with Crippen molar-refractivity contribution < 1.29 is 23.9 Å². The largest absolute Gasteiger partial charge is 0.486 e. The zero-order valence-corrected chi connectivity index (χ0v) is 18.8. The molecule has 1 saturated carbocycles. The Bertz CT molecular complexity index is 1120. The van der Waals surface area contributed by atoms with Crippen molar-refractivity contribution in [2.24, 2.45) is 0 Å². The molecule has 2 aliphatic heterocycles. The minimum Gasteiger partial charge on any atom is -0.486 e. The standard InChI is InChI=1S/C26H28N2O5/c1-17-4-6-19-20(14-17)25(31)28(24(19)30)11-8-23(29)27-16-26(9-2-3-10-26)18-5-7-21-22(15-18)33-13-12-32-21/h4-7,14-15H,2-3,8-13,16H2,1H3,(H,27,29). The summed E-state index contributed by atoms with van der Waals surface area (Å²) in [6.45, 7) is 3.58. The number of nitrogens with one attached hydrogen (secondary N) is 1. The number of rotatable bonds is 6. The molecule has 1 fully saturated rings. The van der Waals surface area contributed by atoms with Gasteiger partial charge in [-0.05, 0) is 49.6 Å².